The molecule has 2 amide bonds. The van der Waals surface area contributed by atoms with Crippen molar-refractivity contribution in [2.45, 2.75) is 25.3 Å². The Morgan fingerprint density at radius 2 is 2.20 bits per heavy atom. The van der Waals surface area contributed by atoms with Gasteiger partial charge in [-0.15, -0.1) is 0 Å². The number of rotatable bonds is 6. The molecule has 108 valence electrons. The first kappa shape index (κ1) is 14.2. The average molecular weight is 278 g/mol. The van der Waals surface area contributed by atoms with Gasteiger partial charge in [0.05, 0.1) is 13.5 Å². The number of carboxylic acid groups (broad SMARTS) is 1. The van der Waals surface area contributed by atoms with Crippen LogP contribution in [0, 0.1) is 5.92 Å². The topological polar surface area (TPSA) is 87.7 Å². The van der Waals surface area contributed by atoms with E-state index >= 15 is 0 Å². The first-order valence-electron chi connectivity index (χ1n) is 6.52. The summed E-state index contributed by atoms with van der Waals surface area (Å²) < 4.78 is 5.07. The Balaban J connectivity index is 1.91. The van der Waals surface area contributed by atoms with Crippen molar-refractivity contribution in [1.82, 2.24) is 5.32 Å². The molecule has 0 aliphatic heterocycles. The summed E-state index contributed by atoms with van der Waals surface area (Å²) >= 11 is 0. The summed E-state index contributed by atoms with van der Waals surface area (Å²) in [4.78, 5) is 22.7. The lowest BCUT2D eigenvalue weighted by Gasteiger charge is -2.17. The summed E-state index contributed by atoms with van der Waals surface area (Å²) in [6.07, 6.45) is 1.89. The van der Waals surface area contributed by atoms with Crippen LogP contribution in [0.3, 0.4) is 0 Å². The van der Waals surface area contributed by atoms with Crippen LogP contribution >= 0.6 is 0 Å². The smallest absolute Gasteiger partial charge is 0.319 e. The number of anilines is 1. The highest BCUT2D eigenvalue weighted by Gasteiger charge is 2.33. The van der Waals surface area contributed by atoms with Crippen molar-refractivity contribution in [3.05, 3.63) is 24.3 Å². The minimum absolute atomic E-state index is 0.0454. The van der Waals surface area contributed by atoms with E-state index in [0.717, 1.165) is 12.8 Å². The van der Waals surface area contributed by atoms with Gasteiger partial charge in [0, 0.05) is 17.8 Å². The third-order valence-corrected chi connectivity index (χ3v) is 3.23. The predicted octanol–water partition coefficient (Wildman–Crippen LogP) is 2.07. The van der Waals surface area contributed by atoms with Gasteiger partial charge in [0.2, 0.25) is 0 Å². The maximum Gasteiger partial charge on any atom is 0.319 e. The van der Waals surface area contributed by atoms with E-state index in [0.29, 0.717) is 11.4 Å². The summed E-state index contributed by atoms with van der Waals surface area (Å²) in [6, 6.07) is 6.29. The SMILES string of the molecule is COc1cccc(NC(=O)NC(CC(=O)O)C2CC2)c1. The largest absolute Gasteiger partial charge is 0.497 e. The van der Waals surface area contributed by atoms with Crippen molar-refractivity contribution in [2.24, 2.45) is 5.92 Å². The van der Waals surface area contributed by atoms with Gasteiger partial charge < -0.3 is 20.5 Å². The fourth-order valence-electron chi connectivity index (χ4n) is 2.06. The van der Waals surface area contributed by atoms with Crippen LogP contribution in [-0.2, 0) is 4.79 Å². The molecule has 0 saturated heterocycles. The van der Waals surface area contributed by atoms with Crippen LogP contribution in [0.25, 0.3) is 0 Å². The van der Waals surface area contributed by atoms with Crippen LogP contribution in [0.1, 0.15) is 19.3 Å². The molecule has 1 aliphatic rings. The highest BCUT2D eigenvalue weighted by atomic mass is 16.5. The molecular formula is C14H18N2O4. The lowest BCUT2D eigenvalue weighted by Crippen LogP contribution is -2.40. The number of aliphatic carboxylic acids is 1. The van der Waals surface area contributed by atoms with E-state index in [9.17, 15) is 9.59 Å². The number of benzene rings is 1. The van der Waals surface area contributed by atoms with Gasteiger partial charge in [-0.3, -0.25) is 4.79 Å². The van der Waals surface area contributed by atoms with Gasteiger partial charge in [0.25, 0.3) is 0 Å². The molecule has 6 heteroatoms. The molecule has 0 heterocycles. The summed E-state index contributed by atoms with van der Waals surface area (Å²) in [6.45, 7) is 0. The van der Waals surface area contributed by atoms with Crippen LogP contribution in [0.5, 0.6) is 5.75 Å². The normalized spacial score (nSPS) is 15.2. The number of hydrogen-bond donors (Lipinski definition) is 3. The lowest BCUT2D eigenvalue weighted by atomic mass is 10.1. The Kier molecular flexibility index (Phi) is 4.45. The van der Waals surface area contributed by atoms with E-state index < -0.39 is 12.0 Å². The van der Waals surface area contributed by atoms with Gasteiger partial charge in [-0.25, -0.2) is 4.79 Å². The van der Waals surface area contributed by atoms with Crippen LogP contribution in [0.2, 0.25) is 0 Å². The molecule has 1 unspecified atom stereocenters. The molecule has 0 radical (unpaired) electrons. The fraction of sp³-hybridized carbons (Fsp3) is 0.429. The molecule has 1 fully saturated rings. The molecule has 1 aromatic carbocycles. The molecule has 2 rings (SSSR count). The predicted molar refractivity (Wildman–Crippen MR) is 73.9 cm³/mol. The molecule has 1 atom stereocenters. The molecule has 1 aromatic rings. The van der Waals surface area contributed by atoms with E-state index in [4.69, 9.17) is 9.84 Å². The van der Waals surface area contributed by atoms with E-state index in [1.54, 1.807) is 31.4 Å². The van der Waals surface area contributed by atoms with E-state index in [-0.39, 0.29) is 18.4 Å². The standard InChI is InChI=1S/C14H18N2O4/c1-20-11-4-2-3-10(7-11)15-14(19)16-12(8-13(17)18)9-5-6-9/h2-4,7,9,12H,5-6,8H2,1H3,(H,17,18)(H2,15,16,19). The summed E-state index contributed by atoms with van der Waals surface area (Å²) in [5.74, 6) is 0.0258. The molecular weight excluding hydrogens is 260 g/mol. The van der Waals surface area contributed by atoms with Gasteiger partial charge in [0.1, 0.15) is 5.75 Å². The highest BCUT2D eigenvalue weighted by Crippen LogP contribution is 2.34. The van der Waals surface area contributed by atoms with E-state index in [1.165, 1.54) is 0 Å². The second kappa shape index (κ2) is 6.27. The quantitative estimate of drug-likeness (QED) is 0.743. The zero-order valence-electron chi connectivity index (χ0n) is 11.3. The lowest BCUT2D eigenvalue weighted by molar-refractivity contribution is -0.137. The Hall–Kier alpha value is -2.24. The average Bonchev–Trinajstić information content (AvgIpc) is 3.21. The van der Waals surface area contributed by atoms with Crippen LogP contribution in [0.15, 0.2) is 24.3 Å². The number of hydrogen-bond acceptors (Lipinski definition) is 3. The van der Waals surface area contributed by atoms with Gasteiger partial charge in [0.15, 0.2) is 0 Å². The van der Waals surface area contributed by atoms with Crippen LogP contribution in [0.4, 0.5) is 10.5 Å². The zero-order valence-corrected chi connectivity index (χ0v) is 11.3. The van der Waals surface area contributed by atoms with Crippen molar-refractivity contribution in [2.75, 3.05) is 12.4 Å². The van der Waals surface area contributed by atoms with Gasteiger partial charge in [-0.2, -0.15) is 0 Å². The van der Waals surface area contributed by atoms with Crippen LogP contribution in [-0.4, -0.2) is 30.3 Å². The van der Waals surface area contributed by atoms with Crippen molar-refractivity contribution in [3.63, 3.8) is 0 Å². The van der Waals surface area contributed by atoms with Crippen molar-refractivity contribution < 1.29 is 19.4 Å². The number of amides is 2. The molecule has 0 aromatic heterocycles. The summed E-state index contributed by atoms with van der Waals surface area (Å²) in [5.41, 5.74) is 0.603. The minimum Gasteiger partial charge on any atom is -0.497 e. The Bertz CT molecular complexity index is 500. The number of carboxylic acids is 1. The maximum absolute atomic E-state index is 11.9. The number of methoxy groups -OCH3 is 1. The van der Waals surface area contributed by atoms with Crippen LogP contribution < -0.4 is 15.4 Å². The number of carbonyl (C=O) groups excluding carboxylic acids is 1. The molecule has 20 heavy (non-hydrogen) atoms. The van der Waals surface area contributed by atoms with Gasteiger partial charge >= 0.3 is 12.0 Å². The van der Waals surface area contributed by atoms with E-state index in [1.807, 2.05) is 0 Å². The first-order valence-corrected chi connectivity index (χ1v) is 6.52. The third kappa shape index (κ3) is 4.15. The second-order valence-corrected chi connectivity index (χ2v) is 4.87. The molecule has 0 spiro atoms. The first-order chi connectivity index (χ1) is 9.58. The monoisotopic (exact) mass is 278 g/mol. The number of carbonyl (C=O) groups is 2. The minimum atomic E-state index is -0.899. The van der Waals surface area contributed by atoms with Crippen molar-refractivity contribution in [1.29, 1.82) is 0 Å². The second-order valence-electron chi connectivity index (χ2n) is 4.87. The molecule has 3 N–H and O–H groups in total. The van der Waals surface area contributed by atoms with Gasteiger partial charge in [-0.1, -0.05) is 6.07 Å². The van der Waals surface area contributed by atoms with Crippen molar-refractivity contribution in [3.8, 4) is 5.75 Å². The molecule has 6 nitrogen and oxygen atoms in total. The molecule has 1 saturated carbocycles. The maximum atomic E-state index is 11.9. The third-order valence-electron chi connectivity index (χ3n) is 3.23. The Morgan fingerprint density at radius 1 is 1.45 bits per heavy atom. The number of urea groups is 1. The number of nitrogens with one attached hydrogen (secondary N) is 2. The van der Waals surface area contributed by atoms with E-state index in [2.05, 4.69) is 10.6 Å². The summed E-state index contributed by atoms with van der Waals surface area (Å²) in [5, 5.41) is 14.2. The van der Waals surface area contributed by atoms with Gasteiger partial charge in [-0.05, 0) is 30.9 Å². The molecule has 0 bridgehead atoms. The highest BCUT2D eigenvalue weighted by molar-refractivity contribution is 5.90. The number of ether oxygens (including phenoxy) is 1. The van der Waals surface area contributed by atoms with Crippen molar-refractivity contribution >= 4 is 17.7 Å². The molecule has 1 aliphatic carbocycles. The Morgan fingerprint density at radius 3 is 2.80 bits per heavy atom. The zero-order chi connectivity index (χ0) is 14.5. The fourth-order valence-corrected chi connectivity index (χ4v) is 2.06. The Labute approximate surface area is 117 Å². The summed E-state index contributed by atoms with van der Waals surface area (Å²) in [7, 11) is 1.55.